The fraction of sp³-hybridized carbons (Fsp3) is 0.611. The molecule has 0 N–H and O–H groups in total. The lowest BCUT2D eigenvalue weighted by Gasteiger charge is -2.26. The summed E-state index contributed by atoms with van der Waals surface area (Å²) < 4.78 is 11.3. The average molecular weight is 303 g/mol. The van der Waals surface area contributed by atoms with Crippen molar-refractivity contribution in [3.05, 3.63) is 30.3 Å². The molecule has 22 heavy (non-hydrogen) atoms. The summed E-state index contributed by atoms with van der Waals surface area (Å²) in [6.45, 7) is 0.764. The summed E-state index contributed by atoms with van der Waals surface area (Å²) in [5, 5.41) is 0. The molecular weight excluding hydrogens is 278 g/mol. The molecular formula is C18H25NO3. The lowest BCUT2D eigenvalue weighted by Crippen LogP contribution is -2.36. The number of nitrogens with zero attached hydrogens (tertiary/aromatic N) is 1. The van der Waals surface area contributed by atoms with E-state index < -0.39 is 0 Å². The molecule has 1 aliphatic carbocycles. The molecule has 1 saturated carbocycles. The first-order chi connectivity index (χ1) is 10.8. The van der Waals surface area contributed by atoms with Crippen LogP contribution in [-0.4, -0.2) is 37.9 Å². The third-order valence-electron chi connectivity index (χ3n) is 4.76. The van der Waals surface area contributed by atoms with Gasteiger partial charge in [0.1, 0.15) is 6.04 Å². The number of methoxy groups -OCH3 is 1. The molecule has 0 bridgehead atoms. The molecule has 2 aliphatic rings. The first-order valence-electron chi connectivity index (χ1n) is 8.33. The zero-order valence-corrected chi connectivity index (χ0v) is 13.2. The zero-order chi connectivity index (χ0) is 15.4. The zero-order valence-electron chi connectivity index (χ0n) is 13.2. The maximum atomic E-state index is 12.1. The van der Waals surface area contributed by atoms with Crippen LogP contribution in [0.5, 0.6) is 0 Å². The van der Waals surface area contributed by atoms with E-state index in [1.807, 2.05) is 30.3 Å². The van der Waals surface area contributed by atoms with E-state index in [2.05, 4.69) is 4.90 Å². The van der Waals surface area contributed by atoms with Crippen molar-refractivity contribution in [2.24, 2.45) is 0 Å². The van der Waals surface area contributed by atoms with Crippen LogP contribution < -0.4 is 4.90 Å². The van der Waals surface area contributed by atoms with E-state index in [-0.39, 0.29) is 18.1 Å². The Morgan fingerprint density at radius 3 is 2.50 bits per heavy atom. The largest absolute Gasteiger partial charge is 0.467 e. The van der Waals surface area contributed by atoms with E-state index in [1.165, 1.54) is 26.4 Å². The van der Waals surface area contributed by atoms with Crippen molar-refractivity contribution in [2.45, 2.75) is 56.8 Å². The fourth-order valence-corrected chi connectivity index (χ4v) is 3.63. The van der Waals surface area contributed by atoms with Gasteiger partial charge in [-0.15, -0.1) is 0 Å². The van der Waals surface area contributed by atoms with Gasteiger partial charge in [-0.25, -0.2) is 4.79 Å². The van der Waals surface area contributed by atoms with Crippen molar-refractivity contribution in [1.29, 1.82) is 0 Å². The minimum absolute atomic E-state index is 0.118. The van der Waals surface area contributed by atoms with Gasteiger partial charge in [0.15, 0.2) is 0 Å². The fourth-order valence-electron chi connectivity index (χ4n) is 3.63. The summed E-state index contributed by atoms with van der Waals surface area (Å²) >= 11 is 0. The van der Waals surface area contributed by atoms with Crippen LogP contribution >= 0.6 is 0 Å². The van der Waals surface area contributed by atoms with Gasteiger partial charge in [0.05, 0.1) is 19.3 Å². The highest BCUT2D eigenvalue weighted by Crippen LogP contribution is 2.30. The first kappa shape index (κ1) is 15.3. The van der Waals surface area contributed by atoms with Gasteiger partial charge in [0.25, 0.3) is 0 Å². The molecule has 1 saturated heterocycles. The van der Waals surface area contributed by atoms with Gasteiger partial charge in [0, 0.05) is 18.7 Å². The van der Waals surface area contributed by atoms with Crippen molar-refractivity contribution in [1.82, 2.24) is 0 Å². The van der Waals surface area contributed by atoms with Crippen LogP contribution in [0.1, 0.15) is 38.5 Å². The van der Waals surface area contributed by atoms with E-state index in [4.69, 9.17) is 9.47 Å². The quantitative estimate of drug-likeness (QED) is 0.801. The predicted octanol–water partition coefficient (Wildman–Crippen LogP) is 3.16. The van der Waals surface area contributed by atoms with Crippen LogP contribution in [0.4, 0.5) is 5.69 Å². The number of rotatable bonds is 4. The summed E-state index contributed by atoms with van der Waals surface area (Å²) in [5.74, 6) is -0.168. The number of anilines is 1. The molecule has 1 aliphatic heterocycles. The van der Waals surface area contributed by atoms with E-state index in [0.717, 1.165) is 31.5 Å². The van der Waals surface area contributed by atoms with Gasteiger partial charge in [-0.2, -0.15) is 0 Å². The summed E-state index contributed by atoms with van der Waals surface area (Å²) in [5.41, 5.74) is 1.06. The number of carbonyl (C=O) groups is 1. The van der Waals surface area contributed by atoms with Crippen molar-refractivity contribution in [2.75, 3.05) is 18.6 Å². The van der Waals surface area contributed by atoms with Crippen molar-refractivity contribution in [3.8, 4) is 0 Å². The Morgan fingerprint density at radius 1 is 1.09 bits per heavy atom. The molecule has 0 unspecified atom stereocenters. The van der Waals surface area contributed by atoms with Gasteiger partial charge in [-0.3, -0.25) is 0 Å². The molecule has 120 valence electrons. The van der Waals surface area contributed by atoms with Crippen LogP contribution in [0, 0.1) is 0 Å². The second-order valence-corrected chi connectivity index (χ2v) is 6.28. The Hall–Kier alpha value is -1.55. The highest BCUT2D eigenvalue weighted by atomic mass is 16.5. The molecule has 1 heterocycles. The smallest absolute Gasteiger partial charge is 0.328 e. The van der Waals surface area contributed by atoms with E-state index >= 15 is 0 Å². The molecule has 2 atom stereocenters. The summed E-state index contributed by atoms with van der Waals surface area (Å²) in [6, 6.07) is 9.83. The average Bonchev–Trinajstić information content (AvgIpc) is 3.00. The Balaban J connectivity index is 1.69. The van der Waals surface area contributed by atoms with E-state index in [9.17, 15) is 4.79 Å². The van der Waals surface area contributed by atoms with Gasteiger partial charge in [-0.1, -0.05) is 37.5 Å². The van der Waals surface area contributed by atoms with Crippen molar-refractivity contribution in [3.63, 3.8) is 0 Å². The molecule has 0 radical (unpaired) electrons. The Labute approximate surface area is 132 Å². The molecule has 0 spiro atoms. The molecule has 0 amide bonds. The summed E-state index contributed by atoms with van der Waals surface area (Å²) in [7, 11) is 1.46. The van der Waals surface area contributed by atoms with Crippen LogP contribution in [-0.2, 0) is 14.3 Å². The Morgan fingerprint density at radius 2 is 1.82 bits per heavy atom. The lowest BCUT2D eigenvalue weighted by atomic mass is 9.97. The molecule has 3 rings (SSSR count). The molecule has 1 aromatic carbocycles. The number of esters is 1. The third-order valence-corrected chi connectivity index (χ3v) is 4.76. The highest BCUT2D eigenvalue weighted by molar-refractivity contribution is 5.81. The Kier molecular flexibility index (Phi) is 4.98. The number of benzene rings is 1. The van der Waals surface area contributed by atoms with Crippen molar-refractivity contribution >= 4 is 11.7 Å². The number of hydrogen-bond acceptors (Lipinski definition) is 4. The third kappa shape index (κ3) is 3.43. The summed E-state index contributed by atoms with van der Waals surface area (Å²) in [6.07, 6.45) is 7.37. The molecule has 0 aromatic heterocycles. The number of ether oxygens (including phenoxy) is 2. The minimum atomic E-state index is -0.235. The SMILES string of the molecule is COC(=O)[C@H]1C[C@@H](OC2CCCCC2)CN1c1ccccc1. The van der Waals surface area contributed by atoms with Gasteiger partial charge in [0.2, 0.25) is 0 Å². The number of para-hydroxylation sites is 1. The second-order valence-electron chi connectivity index (χ2n) is 6.28. The highest BCUT2D eigenvalue weighted by Gasteiger charge is 2.39. The number of hydrogen-bond donors (Lipinski definition) is 0. The van der Waals surface area contributed by atoms with Gasteiger partial charge < -0.3 is 14.4 Å². The maximum Gasteiger partial charge on any atom is 0.328 e. The molecule has 4 heteroatoms. The van der Waals surface area contributed by atoms with Crippen LogP contribution in [0.15, 0.2) is 30.3 Å². The van der Waals surface area contributed by atoms with Crippen LogP contribution in [0.25, 0.3) is 0 Å². The van der Waals surface area contributed by atoms with Gasteiger partial charge in [-0.05, 0) is 25.0 Å². The standard InChI is InChI=1S/C18H25NO3/c1-21-18(20)17-12-16(22-15-10-6-3-7-11-15)13-19(17)14-8-4-2-5-9-14/h2,4-5,8-9,15-17H,3,6-7,10-13H2,1H3/t16-,17-/m1/s1. The molecule has 1 aromatic rings. The van der Waals surface area contributed by atoms with Crippen LogP contribution in [0.2, 0.25) is 0 Å². The monoisotopic (exact) mass is 303 g/mol. The first-order valence-corrected chi connectivity index (χ1v) is 8.33. The Bertz CT molecular complexity index is 484. The minimum Gasteiger partial charge on any atom is -0.467 e. The van der Waals surface area contributed by atoms with E-state index in [0.29, 0.717) is 6.10 Å². The molecule has 4 nitrogen and oxygen atoms in total. The topological polar surface area (TPSA) is 38.8 Å². The maximum absolute atomic E-state index is 12.1. The lowest BCUT2D eigenvalue weighted by molar-refractivity contribution is -0.142. The number of carbonyl (C=O) groups excluding carboxylic acids is 1. The normalized spacial score (nSPS) is 26.1. The van der Waals surface area contributed by atoms with Gasteiger partial charge >= 0.3 is 5.97 Å². The summed E-state index contributed by atoms with van der Waals surface area (Å²) in [4.78, 5) is 14.2. The second kappa shape index (κ2) is 7.14. The molecule has 2 fully saturated rings. The van der Waals surface area contributed by atoms with Crippen LogP contribution in [0.3, 0.4) is 0 Å². The van der Waals surface area contributed by atoms with E-state index in [1.54, 1.807) is 0 Å². The van der Waals surface area contributed by atoms with Crippen molar-refractivity contribution < 1.29 is 14.3 Å². The predicted molar refractivity (Wildman–Crippen MR) is 86.0 cm³/mol.